The van der Waals surface area contributed by atoms with Crippen molar-refractivity contribution >= 4 is 44.2 Å². The highest BCUT2D eigenvalue weighted by Gasteiger charge is 2.22. The van der Waals surface area contributed by atoms with Crippen molar-refractivity contribution in [2.75, 3.05) is 4.90 Å². The molecule has 0 aliphatic heterocycles. The second-order valence-electron chi connectivity index (χ2n) is 5.68. The zero-order valence-electron chi connectivity index (χ0n) is 13.7. The maximum atomic E-state index is 13.2. The Labute approximate surface area is 159 Å². The molecule has 2 aromatic heterocycles. The highest BCUT2D eigenvalue weighted by atomic mass is 35.5. The van der Waals surface area contributed by atoms with Crippen molar-refractivity contribution in [3.05, 3.63) is 89.2 Å². The number of rotatable bonds is 4. The number of carbonyl (C=O) groups is 1. The minimum Gasteiger partial charge on any atom is -0.278 e. The number of thiazole rings is 1. The summed E-state index contributed by atoms with van der Waals surface area (Å²) in [6.45, 7) is 0.349. The molecule has 2 heterocycles. The van der Waals surface area contributed by atoms with E-state index >= 15 is 0 Å². The number of hydrogen-bond acceptors (Lipinski definition) is 4. The van der Waals surface area contributed by atoms with Crippen LogP contribution in [0, 0.1) is 0 Å². The van der Waals surface area contributed by atoms with E-state index in [1.807, 2.05) is 42.5 Å². The van der Waals surface area contributed by atoms with Gasteiger partial charge in [0.15, 0.2) is 5.13 Å². The molecule has 128 valence electrons. The van der Waals surface area contributed by atoms with E-state index in [-0.39, 0.29) is 5.91 Å². The molecule has 0 aliphatic rings. The van der Waals surface area contributed by atoms with E-state index in [0.29, 0.717) is 22.3 Å². The maximum Gasteiger partial charge on any atom is 0.260 e. The Morgan fingerprint density at radius 2 is 1.77 bits per heavy atom. The van der Waals surface area contributed by atoms with Crippen LogP contribution in [0.4, 0.5) is 5.13 Å². The summed E-state index contributed by atoms with van der Waals surface area (Å²) >= 11 is 7.44. The van der Waals surface area contributed by atoms with E-state index in [1.54, 1.807) is 35.4 Å². The van der Waals surface area contributed by atoms with Crippen molar-refractivity contribution < 1.29 is 4.79 Å². The second-order valence-corrected chi connectivity index (χ2v) is 7.13. The quantitative estimate of drug-likeness (QED) is 0.490. The van der Waals surface area contributed by atoms with Gasteiger partial charge in [-0.15, -0.1) is 0 Å². The first-order valence-corrected chi connectivity index (χ1v) is 9.23. The predicted octanol–water partition coefficient (Wildman–Crippen LogP) is 5.19. The van der Waals surface area contributed by atoms with Crippen LogP contribution in [0.3, 0.4) is 0 Å². The lowest BCUT2D eigenvalue weighted by molar-refractivity contribution is 0.0985. The average Bonchev–Trinajstić information content (AvgIpc) is 3.11. The molecular weight excluding hydrogens is 366 g/mol. The summed E-state index contributed by atoms with van der Waals surface area (Å²) in [6, 6.07) is 20.4. The first kappa shape index (κ1) is 16.7. The standard InChI is InChI=1S/C20H14ClN3OS/c21-15-10-8-14(9-11-15)19(25)24(13-16-5-3-4-12-22-16)20-23-17-6-1-2-7-18(17)26-20/h1-12H,13H2. The molecule has 26 heavy (non-hydrogen) atoms. The number of hydrogen-bond donors (Lipinski definition) is 0. The van der Waals surface area contributed by atoms with Gasteiger partial charge in [-0.3, -0.25) is 14.7 Å². The van der Waals surface area contributed by atoms with Crippen molar-refractivity contribution in [3.63, 3.8) is 0 Å². The number of para-hydroxylation sites is 1. The Bertz CT molecular complexity index is 1010. The molecule has 0 saturated carbocycles. The van der Waals surface area contributed by atoms with Gasteiger partial charge in [0.05, 0.1) is 22.5 Å². The van der Waals surface area contributed by atoms with Gasteiger partial charge in [0.1, 0.15) is 0 Å². The molecule has 0 atom stereocenters. The van der Waals surface area contributed by atoms with Gasteiger partial charge in [-0.05, 0) is 48.5 Å². The van der Waals surface area contributed by atoms with Crippen LogP contribution in [0.1, 0.15) is 16.1 Å². The third kappa shape index (κ3) is 3.45. The fourth-order valence-electron chi connectivity index (χ4n) is 2.60. The molecule has 0 radical (unpaired) electrons. The van der Waals surface area contributed by atoms with Crippen LogP contribution in [0.2, 0.25) is 5.02 Å². The smallest absolute Gasteiger partial charge is 0.260 e. The van der Waals surface area contributed by atoms with Gasteiger partial charge in [-0.25, -0.2) is 4.98 Å². The minimum atomic E-state index is -0.133. The second kappa shape index (κ2) is 7.23. The molecule has 0 unspecified atom stereocenters. The Balaban J connectivity index is 1.75. The lowest BCUT2D eigenvalue weighted by Gasteiger charge is -2.19. The van der Waals surface area contributed by atoms with Gasteiger partial charge in [0, 0.05) is 16.8 Å². The van der Waals surface area contributed by atoms with Gasteiger partial charge in [0.2, 0.25) is 0 Å². The van der Waals surface area contributed by atoms with Gasteiger partial charge < -0.3 is 0 Å². The Morgan fingerprint density at radius 1 is 1.00 bits per heavy atom. The first-order chi connectivity index (χ1) is 12.7. The molecule has 0 fully saturated rings. The Kier molecular flexibility index (Phi) is 4.65. The van der Waals surface area contributed by atoms with E-state index in [4.69, 9.17) is 11.6 Å². The highest BCUT2D eigenvalue weighted by molar-refractivity contribution is 7.22. The fourth-order valence-corrected chi connectivity index (χ4v) is 3.69. The van der Waals surface area contributed by atoms with Crippen LogP contribution in [0.15, 0.2) is 72.9 Å². The van der Waals surface area contributed by atoms with Crippen molar-refractivity contribution in [3.8, 4) is 0 Å². The molecule has 4 aromatic rings. The van der Waals surface area contributed by atoms with E-state index in [9.17, 15) is 4.79 Å². The molecule has 4 rings (SSSR count). The van der Waals surface area contributed by atoms with Crippen molar-refractivity contribution in [2.45, 2.75) is 6.54 Å². The van der Waals surface area contributed by atoms with E-state index in [0.717, 1.165) is 15.9 Å². The number of halogens is 1. The van der Waals surface area contributed by atoms with Gasteiger partial charge >= 0.3 is 0 Å². The van der Waals surface area contributed by atoms with Crippen LogP contribution in [0.25, 0.3) is 10.2 Å². The lowest BCUT2D eigenvalue weighted by atomic mass is 10.2. The van der Waals surface area contributed by atoms with Crippen molar-refractivity contribution in [1.82, 2.24) is 9.97 Å². The molecule has 4 nitrogen and oxygen atoms in total. The normalized spacial score (nSPS) is 10.8. The van der Waals surface area contributed by atoms with Crippen LogP contribution in [0.5, 0.6) is 0 Å². The summed E-state index contributed by atoms with van der Waals surface area (Å²) in [7, 11) is 0. The van der Waals surface area contributed by atoms with E-state index < -0.39 is 0 Å². The summed E-state index contributed by atoms with van der Waals surface area (Å²) in [5, 5.41) is 1.25. The van der Waals surface area contributed by atoms with Crippen molar-refractivity contribution in [2.24, 2.45) is 0 Å². The average molecular weight is 380 g/mol. The number of fused-ring (bicyclic) bond motifs is 1. The lowest BCUT2D eigenvalue weighted by Crippen LogP contribution is -2.30. The van der Waals surface area contributed by atoms with Crippen LogP contribution >= 0.6 is 22.9 Å². The topological polar surface area (TPSA) is 46.1 Å². The summed E-state index contributed by atoms with van der Waals surface area (Å²) in [6.07, 6.45) is 1.72. The SMILES string of the molecule is O=C(c1ccc(Cl)cc1)N(Cc1ccccn1)c1nc2ccccc2s1. The van der Waals surface area contributed by atoms with Crippen LogP contribution in [-0.2, 0) is 6.54 Å². The van der Waals surface area contributed by atoms with Crippen LogP contribution < -0.4 is 4.90 Å². The molecule has 0 saturated heterocycles. The monoisotopic (exact) mass is 379 g/mol. The predicted molar refractivity (Wildman–Crippen MR) is 106 cm³/mol. The molecule has 6 heteroatoms. The summed E-state index contributed by atoms with van der Waals surface area (Å²) in [5.74, 6) is -0.133. The van der Waals surface area contributed by atoms with Gasteiger partial charge in [0.25, 0.3) is 5.91 Å². The van der Waals surface area contributed by atoms with Crippen LogP contribution in [-0.4, -0.2) is 15.9 Å². The fraction of sp³-hybridized carbons (Fsp3) is 0.0500. The van der Waals surface area contributed by atoms with E-state index in [2.05, 4.69) is 9.97 Å². The highest BCUT2D eigenvalue weighted by Crippen LogP contribution is 2.30. The zero-order chi connectivity index (χ0) is 17.9. The number of pyridine rings is 1. The number of aromatic nitrogens is 2. The number of nitrogens with zero attached hydrogens (tertiary/aromatic N) is 3. The Hall–Kier alpha value is -2.76. The number of anilines is 1. The molecule has 2 aromatic carbocycles. The largest absolute Gasteiger partial charge is 0.278 e. The maximum absolute atomic E-state index is 13.2. The third-order valence-corrected chi connectivity index (χ3v) is 5.21. The summed E-state index contributed by atoms with van der Waals surface area (Å²) < 4.78 is 1.04. The summed E-state index contributed by atoms with van der Waals surface area (Å²) in [5.41, 5.74) is 2.24. The third-order valence-electron chi connectivity index (χ3n) is 3.90. The zero-order valence-corrected chi connectivity index (χ0v) is 15.2. The molecule has 0 bridgehead atoms. The number of amides is 1. The van der Waals surface area contributed by atoms with Gasteiger partial charge in [-0.1, -0.05) is 41.1 Å². The van der Waals surface area contributed by atoms with E-state index in [1.165, 1.54) is 11.3 Å². The molecule has 1 amide bonds. The first-order valence-electron chi connectivity index (χ1n) is 8.03. The Morgan fingerprint density at radius 3 is 2.50 bits per heavy atom. The molecule has 0 N–H and O–H groups in total. The molecule has 0 aliphatic carbocycles. The van der Waals surface area contributed by atoms with Gasteiger partial charge in [-0.2, -0.15) is 0 Å². The van der Waals surface area contributed by atoms with Crippen molar-refractivity contribution in [1.29, 1.82) is 0 Å². The molecule has 0 spiro atoms. The summed E-state index contributed by atoms with van der Waals surface area (Å²) in [4.78, 5) is 23.8. The minimum absolute atomic E-state index is 0.133. The molecular formula is C20H14ClN3OS. The number of benzene rings is 2. The number of carbonyl (C=O) groups excluding carboxylic acids is 1.